The minimum atomic E-state index is 0.0713. The van der Waals surface area contributed by atoms with Crippen LogP contribution in [0.1, 0.15) is 6.42 Å². The summed E-state index contributed by atoms with van der Waals surface area (Å²) in [6.45, 7) is 1.07. The summed E-state index contributed by atoms with van der Waals surface area (Å²) in [6.07, 6.45) is 5.69. The lowest BCUT2D eigenvalue weighted by atomic mass is 10.4. The maximum absolute atomic E-state index is 10.9. The second-order valence-electron chi connectivity index (χ2n) is 2.42. The Balaban J connectivity index is 3.26. The van der Waals surface area contributed by atoms with Crippen LogP contribution in [0.25, 0.3) is 0 Å². The van der Waals surface area contributed by atoms with Crippen molar-refractivity contribution in [1.82, 2.24) is 10.2 Å². The van der Waals surface area contributed by atoms with Gasteiger partial charge in [-0.15, -0.1) is 12.3 Å². The molecule has 0 radical (unpaired) electrons. The third kappa shape index (κ3) is 5.43. The van der Waals surface area contributed by atoms with E-state index in [1.54, 1.807) is 19.0 Å². The number of rotatable bonds is 4. The molecule has 0 aliphatic heterocycles. The first-order valence-corrected chi connectivity index (χ1v) is 3.53. The van der Waals surface area contributed by atoms with E-state index in [1.807, 2.05) is 0 Å². The minimum Gasteiger partial charge on any atom is -0.348 e. The molecule has 1 N–H and O–H groups in total. The average molecular weight is 154 g/mol. The Hall–Kier alpha value is -1.01. The van der Waals surface area contributed by atoms with Gasteiger partial charge >= 0.3 is 0 Å². The molecule has 0 fully saturated rings. The third-order valence-electron chi connectivity index (χ3n) is 1.22. The van der Waals surface area contributed by atoms with Gasteiger partial charge in [-0.2, -0.15) is 0 Å². The molecule has 0 saturated heterocycles. The Bertz CT molecular complexity index is 158. The Labute approximate surface area is 67.8 Å². The number of hydrogen-bond acceptors (Lipinski definition) is 2. The van der Waals surface area contributed by atoms with Gasteiger partial charge in [0, 0.05) is 27.1 Å². The maximum Gasteiger partial charge on any atom is 0.236 e. The van der Waals surface area contributed by atoms with Crippen LogP contribution in [0.2, 0.25) is 0 Å². The molecule has 0 bridgehead atoms. The fourth-order valence-electron chi connectivity index (χ4n) is 0.514. The Morgan fingerprint density at radius 1 is 1.64 bits per heavy atom. The fraction of sp³-hybridized carbons (Fsp3) is 0.625. The molecule has 0 aromatic carbocycles. The van der Waals surface area contributed by atoms with Crippen molar-refractivity contribution in [1.29, 1.82) is 0 Å². The van der Waals surface area contributed by atoms with Crippen molar-refractivity contribution >= 4 is 5.91 Å². The minimum absolute atomic E-state index is 0.0713. The number of nitrogens with zero attached hydrogens (tertiary/aromatic N) is 1. The van der Waals surface area contributed by atoms with Crippen LogP contribution in [0, 0.1) is 12.3 Å². The zero-order valence-electron chi connectivity index (χ0n) is 7.05. The summed E-state index contributed by atoms with van der Waals surface area (Å²) in [5.41, 5.74) is 0. The van der Waals surface area contributed by atoms with Crippen LogP contribution in [0.4, 0.5) is 0 Å². The molecule has 0 heterocycles. The first-order chi connectivity index (χ1) is 5.18. The van der Waals surface area contributed by atoms with E-state index < -0.39 is 0 Å². The highest BCUT2D eigenvalue weighted by Gasteiger charge is 2.00. The summed E-state index contributed by atoms with van der Waals surface area (Å²) in [6, 6.07) is 0. The standard InChI is InChI=1S/C8H14N2O/c1-4-5-6-9-7-8(11)10(2)3/h1,9H,5-7H2,2-3H3. The molecule has 3 heteroatoms. The summed E-state index contributed by atoms with van der Waals surface area (Å²) >= 11 is 0. The van der Waals surface area contributed by atoms with Gasteiger partial charge in [-0.25, -0.2) is 0 Å². The van der Waals surface area contributed by atoms with Crippen molar-refractivity contribution in [3.05, 3.63) is 0 Å². The van der Waals surface area contributed by atoms with E-state index in [0.29, 0.717) is 19.5 Å². The molecular weight excluding hydrogens is 140 g/mol. The molecule has 0 rings (SSSR count). The maximum atomic E-state index is 10.9. The summed E-state index contributed by atoms with van der Waals surface area (Å²) in [4.78, 5) is 12.5. The van der Waals surface area contributed by atoms with Gasteiger partial charge in [-0.05, 0) is 0 Å². The molecule has 0 saturated carbocycles. The van der Waals surface area contributed by atoms with Gasteiger partial charge < -0.3 is 10.2 Å². The van der Waals surface area contributed by atoms with Crippen LogP contribution in [0.5, 0.6) is 0 Å². The van der Waals surface area contributed by atoms with Gasteiger partial charge in [0.05, 0.1) is 6.54 Å². The van der Waals surface area contributed by atoms with Crippen LogP contribution in [-0.4, -0.2) is 38.0 Å². The van der Waals surface area contributed by atoms with E-state index in [9.17, 15) is 4.79 Å². The van der Waals surface area contributed by atoms with E-state index in [1.165, 1.54) is 0 Å². The highest BCUT2D eigenvalue weighted by molar-refractivity contribution is 5.77. The third-order valence-corrected chi connectivity index (χ3v) is 1.22. The van der Waals surface area contributed by atoms with E-state index in [0.717, 1.165) is 0 Å². The summed E-state index contributed by atoms with van der Waals surface area (Å²) in [7, 11) is 3.45. The van der Waals surface area contributed by atoms with E-state index in [2.05, 4.69) is 11.2 Å². The molecule has 3 nitrogen and oxygen atoms in total. The molecule has 0 unspecified atom stereocenters. The lowest BCUT2D eigenvalue weighted by molar-refractivity contribution is -0.127. The Morgan fingerprint density at radius 3 is 2.73 bits per heavy atom. The predicted octanol–water partition coefficient (Wildman–Crippen LogP) is -0.312. The van der Waals surface area contributed by atoms with Gasteiger partial charge in [0.15, 0.2) is 0 Å². The Kier molecular flexibility index (Phi) is 5.22. The SMILES string of the molecule is C#CCCNCC(=O)N(C)C. The number of terminal acetylenes is 1. The molecule has 11 heavy (non-hydrogen) atoms. The smallest absolute Gasteiger partial charge is 0.236 e. The van der Waals surface area contributed by atoms with Gasteiger partial charge in [0.2, 0.25) is 5.91 Å². The molecule has 0 aliphatic rings. The average Bonchev–Trinajstić information content (AvgIpc) is 1.97. The number of nitrogens with one attached hydrogen (secondary N) is 1. The number of carbonyl (C=O) groups excluding carboxylic acids is 1. The zero-order chi connectivity index (χ0) is 8.69. The van der Waals surface area contributed by atoms with Gasteiger partial charge in [-0.1, -0.05) is 0 Å². The Morgan fingerprint density at radius 2 is 2.27 bits per heavy atom. The van der Waals surface area contributed by atoms with Gasteiger partial charge in [-0.3, -0.25) is 4.79 Å². The highest BCUT2D eigenvalue weighted by Crippen LogP contribution is 1.76. The van der Waals surface area contributed by atoms with Gasteiger partial charge in [0.25, 0.3) is 0 Å². The first kappa shape index (κ1) is 9.99. The molecular formula is C8H14N2O. The highest BCUT2D eigenvalue weighted by atomic mass is 16.2. The van der Waals surface area contributed by atoms with Crippen LogP contribution in [0.3, 0.4) is 0 Å². The lowest BCUT2D eigenvalue weighted by Crippen LogP contribution is -2.33. The van der Waals surface area contributed by atoms with Crippen molar-refractivity contribution in [3.63, 3.8) is 0 Å². The van der Waals surface area contributed by atoms with E-state index >= 15 is 0 Å². The molecule has 62 valence electrons. The lowest BCUT2D eigenvalue weighted by Gasteiger charge is -2.09. The number of amides is 1. The van der Waals surface area contributed by atoms with E-state index in [4.69, 9.17) is 6.42 Å². The fourth-order valence-corrected chi connectivity index (χ4v) is 0.514. The number of hydrogen-bond donors (Lipinski definition) is 1. The summed E-state index contributed by atoms with van der Waals surface area (Å²) in [5.74, 6) is 2.55. The topological polar surface area (TPSA) is 32.3 Å². The zero-order valence-corrected chi connectivity index (χ0v) is 7.05. The van der Waals surface area contributed by atoms with E-state index in [-0.39, 0.29) is 5.91 Å². The van der Waals surface area contributed by atoms with Crippen molar-refractivity contribution < 1.29 is 4.79 Å². The van der Waals surface area contributed by atoms with Crippen molar-refractivity contribution in [2.24, 2.45) is 0 Å². The summed E-state index contributed by atoms with van der Waals surface area (Å²) < 4.78 is 0. The molecule has 0 aliphatic carbocycles. The molecule has 0 aromatic heterocycles. The second kappa shape index (κ2) is 5.75. The number of carbonyl (C=O) groups is 1. The van der Waals surface area contributed by atoms with Crippen LogP contribution >= 0.6 is 0 Å². The second-order valence-corrected chi connectivity index (χ2v) is 2.42. The van der Waals surface area contributed by atoms with Crippen molar-refractivity contribution in [2.75, 3.05) is 27.2 Å². The molecule has 0 aromatic rings. The van der Waals surface area contributed by atoms with Crippen LogP contribution < -0.4 is 5.32 Å². The predicted molar refractivity (Wildman–Crippen MR) is 45.0 cm³/mol. The van der Waals surface area contributed by atoms with Gasteiger partial charge in [0.1, 0.15) is 0 Å². The monoisotopic (exact) mass is 154 g/mol. The summed E-state index contributed by atoms with van der Waals surface area (Å²) in [5, 5.41) is 2.93. The molecule has 0 atom stereocenters. The molecule has 0 spiro atoms. The van der Waals surface area contributed by atoms with Crippen molar-refractivity contribution in [3.8, 4) is 12.3 Å². The quantitative estimate of drug-likeness (QED) is 0.445. The van der Waals surface area contributed by atoms with Crippen LogP contribution in [-0.2, 0) is 4.79 Å². The van der Waals surface area contributed by atoms with Crippen LogP contribution in [0.15, 0.2) is 0 Å². The molecule has 1 amide bonds. The largest absolute Gasteiger partial charge is 0.348 e. The first-order valence-electron chi connectivity index (χ1n) is 3.53. The normalized spacial score (nSPS) is 8.82. The van der Waals surface area contributed by atoms with Crippen molar-refractivity contribution in [2.45, 2.75) is 6.42 Å². The number of likely N-dealkylation sites (N-methyl/N-ethyl adjacent to an activating group) is 1.